The van der Waals surface area contributed by atoms with E-state index in [1.807, 2.05) is 26.0 Å². The van der Waals surface area contributed by atoms with Gasteiger partial charge in [-0.15, -0.1) is 0 Å². The summed E-state index contributed by atoms with van der Waals surface area (Å²) in [5.41, 5.74) is 1.34. The van der Waals surface area contributed by atoms with Gasteiger partial charge in [-0.2, -0.15) is 0 Å². The predicted molar refractivity (Wildman–Crippen MR) is 101 cm³/mol. The van der Waals surface area contributed by atoms with E-state index in [1.165, 1.54) is 31.4 Å². The Morgan fingerprint density at radius 3 is 1.85 bits per heavy atom. The Morgan fingerprint density at radius 1 is 0.815 bits per heavy atom. The summed E-state index contributed by atoms with van der Waals surface area (Å²) in [6.45, 7) is 4.86. The second-order valence-corrected chi connectivity index (χ2v) is 5.43. The Morgan fingerprint density at radius 2 is 1.33 bits per heavy atom. The lowest BCUT2D eigenvalue weighted by atomic mass is 10.1. The molecular formula is C21H22F2N2O2. The van der Waals surface area contributed by atoms with E-state index in [2.05, 4.69) is 9.97 Å². The molecule has 0 saturated carbocycles. The van der Waals surface area contributed by atoms with Crippen LogP contribution in [0.1, 0.15) is 26.3 Å². The fourth-order valence-electron chi connectivity index (χ4n) is 2.36. The molecule has 0 radical (unpaired) electrons. The van der Waals surface area contributed by atoms with Crippen molar-refractivity contribution in [3.63, 3.8) is 0 Å². The van der Waals surface area contributed by atoms with Gasteiger partial charge in [-0.1, -0.05) is 13.8 Å². The van der Waals surface area contributed by atoms with Crippen molar-refractivity contribution < 1.29 is 18.3 Å². The minimum Gasteiger partial charge on any atom is -0.481 e. The Balaban J connectivity index is 0.00000126. The number of methoxy groups -OCH3 is 1. The number of rotatable bonds is 5. The van der Waals surface area contributed by atoms with Crippen LogP contribution in [0, 0.1) is 0 Å². The second-order valence-electron chi connectivity index (χ2n) is 5.43. The standard InChI is InChI=1S/C19H16F2N2O2.C2H6/c1-19(20,21)13-7-9-14(10-8-13)25-18-16(6-4-12-23-18)15-5-3-11-22-17(15)24-2;1-2/h3-12H,1-2H3;1-2H3. The maximum absolute atomic E-state index is 13.3. The van der Waals surface area contributed by atoms with Crippen LogP contribution >= 0.6 is 0 Å². The van der Waals surface area contributed by atoms with Gasteiger partial charge in [0.05, 0.1) is 7.11 Å². The molecule has 3 aromatic rings. The SMILES string of the molecule is CC.COc1ncccc1-c1cccnc1Oc1ccc(C(C)(F)F)cc1. The summed E-state index contributed by atoms with van der Waals surface area (Å²) >= 11 is 0. The topological polar surface area (TPSA) is 44.2 Å². The van der Waals surface area contributed by atoms with E-state index in [0.717, 1.165) is 12.5 Å². The average molecular weight is 372 g/mol. The van der Waals surface area contributed by atoms with Gasteiger partial charge in [-0.05, 0) is 48.5 Å². The van der Waals surface area contributed by atoms with Gasteiger partial charge in [0, 0.05) is 36.0 Å². The molecule has 2 aromatic heterocycles. The molecule has 1 aromatic carbocycles. The highest BCUT2D eigenvalue weighted by Gasteiger charge is 2.24. The highest BCUT2D eigenvalue weighted by atomic mass is 19.3. The molecule has 0 atom stereocenters. The van der Waals surface area contributed by atoms with E-state index in [0.29, 0.717) is 23.1 Å². The van der Waals surface area contributed by atoms with E-state index >= 15 is 0 Å². The fraction of sp³-hybridized carbons (Fsp3) is 0.238. The molecule has 0 bridgehead atoms. The third-order valence-electron chi connectivity index (χ3n) is 3.60. The van der Waals surface area contributed by atoms with Gasteiger partial charge in [0.1, 0.15) is 5.75 Å². The van der Waals surface area contributed by atoms with Crippen LogP contribution in [0.3, 0.4) is 0 Å². The van der Waals surface area contributed by atoms with Crippen molar-refractivity contribution in [3.05, 3.63) is 66.5 Å². The quantitative estimate of drug-likeness (QED) is 0.544. The lowest BCUT2D eigenvalue weighted by Crippen LogP contribution is -2.06. The first-order valence-electron chi connectivity index (χ1n) is 8.59. The number of aromatic nitrogens is 2. The molecule has 0 aliphatic carbocycles. The maximum atomic E-state index is 13.3. The maximum Gasteiger partial charge on any atom is 0.270 e. The van der Waals surface area contributed by atoms with Gasteiger partial charge in [0.2, 0.25) is 11.8 Å². The summed E-state index contributed by atoms with van der Waals surface area (Å²) in [7, 11) is 1.53. The van der Waals surface area contributed by atoms with Gasteiger partial charge in [0.15, 0.2) is 0 Å². The number of alkyl halides is 2. The number of hydrogen-bond donors (Lipinski definition) is 0. The van der Waals surface area contributed by atoms with E-state index in [9.17, 15) is 8.78 Å². The molecule has 6 heteroatoms. The number of pyridine rings is 2. The minimum atomic E-state index is -2.89. The lowest BCUT2D eigenvalue weighted by molar-refractivity contribution is 0.0174. The molecule has 0 spiro atoms. The molecule has 0 N–H and O–H groups in total. The summed E-state index contributed by atoms with van der Waals surface area (Å²) in [6, 6.07) is 12.9. The Kier molecular flexibility index (Phi) is 6.82. The predicted octanol–water partition coefficient (Wildman–Crippen LogP) is 6.08. The summed E-state index contributed by atoms with van der Waals surface area (Å²) in [6.07, 6.45) is 3.22. The molecule has 0 amide bonds. The molecule has 0 unspecified atom stereocenters. The van der Waals surface area contributed by atoms with E-state index in [4.69, 9.17) is 9.47 Å². The molecule has 0 aliphatic heterocycles. The smallest absolute Gasteiger partial charge is 0.270 e. The van der Waals surface area contributed by atoms with Crippen molar-refractivity contribution in [2.24, 2.45) is 0 Å². The first-order valence-corrected chi connectivity index (χ1v) is 8.59. The summed E-state index contributed by atoms with van der Waals surface area (Å²) in [4.78, 5) is 8.41. The van der Waals surface area contributed by atoms with E-state index < -0.39 is 5.92 Å². The van der Waals surface area contributed by atoms with Crippen LogP contribution in [0.5, 0.6) is 17.5 Å². The lowest BCUT2D eigenvalue weighted by Gasteiger charge is -2.13. The number of hydrogen-bond acceptors (Lipinski definition) is 4. The third-order valence-corrected chi connectivity index (χ3v) is 3.60. The number of nitrogens with zero attached hydrogens (tertiary/aromatic N) is 2. The first kappa shape index (κ1) is 20.3. The van der Waals surface area contributed by atoms with Crippen molar-refractivity contribution in [1.82, 2.24) is 9.97 Å². The van der Waals surface area contributed by atoms with Crippen molar-refractivity contribution >= 4 is 0 Å². The average Bonchev–Trinajstić information content (AvgIpc) is 2.70. The molecule has 0 aliphatic rings. The highest BCUT2D eigenvalue weighted by Crippen LogP contribution is 2.36. The number of halogens is 2. The van der Waals surface area contributed by atoms with Gasteiger partial charge < -0.3 is 9.47 Å². The van der Waals surface area contributed by atoms with Crippen LogP contribution in [0.4, 0.5) is 8.78 Å². The van der Waals surface area contributed by atoms with Gasteiger partial charge in [-0.25, -0.2) is 18.7 Å². The van der Waals surface area contributed by atoms with Crippen LogP contribution in [0.15, 0.2) is 60.9 Å². The summed E-state index contributed by atoms with van der Waals surface area (Å²) < 4.78 is 37.7. The molecular weight excluding hydrogens is 350 g/mol. The molecule has 142 valence electrons. The van der Waals surface area contributed by atoms with Gasteiger partial charge >= 0.3 is 0 Å². The van der Waals surface area contributed by atoms with Crippen molar-refractivity contribution in [2.45, 2.75) is 26.7 Å². The molecule has 4 nitrogen and oxygen atoms in total. The van der Waals surface area contributed by atoms with Crippen LogP contribution in [0.25, 0.3) is 11.1 Å². The van der Waals surface area contributed by atoms with Crippen LogP contribution in [-0.2, 0) is 5.92 Å². The van der Waals surface area contributed by atoms with Gasteiger partial charge in [0.25, 0.3) is 5.92 Å². The third kappa shape index (κ3) is 5.00. The van der Waals surface area contributed by atoms with E-state index in [1.54, 1.807) is 24.5 Å². The fourth-order valence-corrected chi connectivity index (χ4v) is 2.36. The van der Waals surface area contributed by atoms with E-state index in [-0.39, 0.29) is 5.56 Å². The Bertz CT molecular complexity index is 863. The Labute approximate surface area is 157 Å². The second kappa shape index (κ2) is 9.07. The zero-order valence-corrected chi connectivity index (χ0v) is 15.7. The molecule has 0 saturated heterocycles. The van der Waals surface area contributed by atoms with Gasteiger partial charge in [-0.3, -0.25) is 0 Å². The largest absolute Gasteiger partial charge is 0.481 e. The molecule has 27 heavy (non-hydrogen) atoms. The number of benzene rings is 1. The van der Waals surface area contributed by atoms with Crippen molar-refractivity contribution in [3.8, 4) is 28.6 Å². The highest BCUT2D eigenvalue weighted by molar-refractivity contribution is 5.73. The molecule has 3 rings (SSSR count). The van der Waals surface area contributed by atoms with Crippen LogP contribution in [0.2, 0.25) is 0 Å². The van der Waals surface area contributed by atoms with Crippen LogP contribution < -0.4 is 9.47 Å². The minimum absolute atomic E-state index is 0.0741. The Hall–Kier alpha value is -3.02. The van der Waals surface area contributed by atoms with Crippen LogP contribution in [-0.4, -0.2) is 17.1 Å². The summed E-state index contributed by atoms with van der Waals surface area (Å²) in [5, 5.41) is 0. The first-order chi connectivity index (χ1) is 13.0. The summed E-state index contributed by atoms with van der Waals surface area (Å²) in [5.74, 6) is -1.69. The molecule has 0 fully saturated rings. The van der Waals surface area contributed by atoms with Crippen molar-refractivity contribution in [2.75, 3.05) is 7.11 Å². The number of ether oxygens (including phenoxy) is 2. The monoisotopic (exact) mass is 372 g/mol. The molecule has 2 heterocycles. The van der Waals surface area contributed by atoms with Crippen molar-refractivity contribution in [1.29, 1.82) is 0 Å². The zero-order valence-electron chi connectivity index (χ0n) is 15.7. The normalized spacial score (nSPS) is 10.6. The zero-order chi connectivity index (χ0) is 19.9.